The number of piperidine rings is 3. The zero-order valence-corrected chi connectivity index (χ0v) is 15.7. The molecule has 2 bridgehead atoms. The Hall–Kier alpha value is -0.810. The Kier molecular flexibility index (Phi) is 6.54. The average Bonchev–Trinajstić information content (AvgIpc) is 3.00. The van der Waals surface area contributed by atoms with Gasteiger partial charge in [0.05, 0.1) is 12.6 Å². The molecule has 1 N–H and O–H groups in total. The van der Waals surface area contributed by atoms with Crippen molar-refractivity contribution in [1.29, 1.82) is 0 Å². The monoisotopic (exact) mass is 371 g/mol. The molecule has 6 heteroatoms. The molecule has 4 aliphatic heterocycles. The van der Waals surface area contributed by atoms with E-state index < -0.39 is 0 Å². The summed E-state index contributed by atoms with van der Waals surface area (Å²) in [4.78, 5) is 17.4. The van der Waals surface area contributed by atoms with Crippen LogP contribution in [-0.4, -0.2) is 61.0 Å². The van der Waals surface area contributed by atoms with Crippen LogP contribution in [0.5, 0.6) is 0 Å². The van der Waals surface area contributed by atoms with Crippen LogP contribution < -0.4 is 5.32 Å². The lowest BCUT2D eigenvalue weighted by Crippen LogP contribution is -2.61. The predicted molar refractivity (Wildman–Crippen MR) is 101 cm³/mol. The highest BCUT2D eigenvalue weighted by Crippen LogP contribution is 2.46. The van der Waals surface area contributed by atoms with E-state index in [1.54, 1.807) is 0 Å². The van der Waals surface area contributed by atoms with E-state index in [0.29, 0.717) is 30.5 Å². The highest BCUT2D eigenvalue weighted by molar-refractivity contribution is 5.85. The van der Waals surface area contributed by atoms with Gasteiger partial charge in [-0.05, 0) is 44.5 Å². The Morgan fingerprint density at radius 2 is 1.79 bits per heavy atom. The minimum Gasteiger partial charge on any atom is -0.336 e. The van der Waals surface area contributed by atoms with Crippen LogP contribution in [0.2, 0.25) is 0 Å². The van der Waals surface area contributed by atoms with Gasteiger partial charge in [0.15, 0.2) is 0 Å². The summed E-state index contributed by atoms with van der Waals surface area (Å²) in [6.45, 7) is 3.76. The maximum atomic E-state index is 12.6. The van der Waals surface area contributed by atoms with E-state index in [4.69, 9.17) is 0 Å². The van der Waals surface area contributed by atoms with Crippen LogP contribution in [0, 0.1) is 5.92 Å². The molecule has 0 saturated carbocycles. The molecule has 0 spiro atoms. The highest BCUT2D eigenvalue weighted by atomic mass is 35.5. The van der Waals surface area contributed by atoms with Crippen molar-refractivity contribution in [2.75, 3.05) is 33.2 Å². The van der Waals surface area contributed by atoms with Crippen LogP contribution >= 0.6 is 24.8 Å². The van der Waals surface area contributed by atoms with Gasteiger partial charge in [-0.1, -0.05) is 30.3 Å². The molecule has 4 fully saturated rings. The standard InChI is InChI=1S/C18H25N3O.2ClH/c1-19-11-16(22)21-12-15(13-5-3-2-4-6-13)18-17(21)14-7-9-20(18)10-8-14;;/h2-6,14-15,17-19H,7-12H2,1H3;2*1H/t15-,17+,18+;;/m0../s1. The van der Waals surface area contributed by atoms with Crippen LogP contribution in [0.1, 0.15) is 24.3 Å². The maximum absolute atomic E-state index is 12.6. The first-order valence-electron chi connectivity index (χ1n) is 8.52. The van der Waals surface area contributed by atoms with Crippen LogP contribution in [0.15, 0.2) is 30.3 Å². The summed E-state index contributed by atoms with van der Waals surface area (Å²) in [5, 5.41) is 3.03. The van der Waals surface area contributed by atoms with Gasteiger partial charge in [-0.15, -0.1) is 24.8 Å². The number of benzene rings is 1. The molecule has 0 aliphatic carbocycles. The summed E-state index contributed by atoms with van der Waals surface area (Å²) in [6, 6.07) is 11.7. The van der Waals surface area contributed by atoms with Crippen molar-refractivity contribution in [3.05, 3.63) is 35.9 Å². The summed E-state index contributed by atoms with van der Waals surface area (Å²) in [7, 11) is 1.86. The topological polar surface area (TPSA) is 35.6 Å². The SMILES string of the molecule is CNCC(=O)N1C[C@@H](c2ccccc2)[C@@H]2[C@H]1C1CCN2CC1.Cl.Cl. The number of nitrogens with one attached hydrogen (secondary N) is 1. The molecule has 5 rings (SSSR count). The largest absolute Gasteiger partial charge is 0.336 e. The van der Waals surface area contributed by atoms with Crippen molar-refractivity contribution < 1.29 is 4.79 Å². The number of hydrogen-bond acceptors (Lipinski definition) is 3. The molecule has 0 aromatic heterocycles. The van der Waals surface area contributed by atoms with Gasteiger partial charge in [-0.25, -0.2) is 0 Å². The van der Waals surface area contributed by atoms with E-state index in [-0.39, 0.29) is 30.7 Å². The van der Waals surface area contributed by atoms with Crippen molar-refractivity contribution in [3.8, 4) is 0 Å². The number of hydrogen-bond donors (Lipinski definition) is 1. The molecule has 4 heterocycles. The first kappa shape index (κ1) is 19.5. The number of carbonyl (C=O) groups is 1. The van der Waals surface area contributed by atoms with E-state index in [0.717, 1.165) is 6.54 Å². The molecule has 4 aliphatic rings. The molecule has 1 aromatic carbocycles. The van der Waals surface area contributed by atoms with Crippen molar-refractivity contribution in [2.45, 2.75) is 30.8 Å². The Bertz CT molecular complexity index is 548. The second-order valence-electron chi connectivity index (χ2n) is 6.95. The Balaban J connectivity index is 0.00000104. The fourth-order valence-electron chi connectivity index (χ4n) is 4.95. The number of carbonyl (C=O) groups excluding carboxylic acids is 1. The molecular formula is C18H27Cl2N3O. The third-order valence-electron chi connectivity index (χ3n) is 5.87. The van der Waals surface area contributed by atoms with E-state index in [2.05, 4.69) is 45.4 Å². The molecule has 1 amide bonds. The van der Waals surface area contributed by atoms with Gasteiger partial charge in [0, 0.05) is 18.5 Å². The normalized spacial score (nSPS) is 33.4. The first-order valence-corrected chi connectivity index (χ1v) is 8.52. The molecule has 134 valence electrons. The zero-order valence-electron chi connectivity index (χ0n) is 14.1. The van der Waals surface area contributed by atoms with Gasteiger partial charge in [0.25, 0.3) is 0 Å². The minimum absolute atomic E-state index is 0. The first-order chi connectivity index (χ1) is 10.8. The van der Waals surface area contributed by atoms with Crippen LogP contribution in [0.3, 0.4) is 0 Å². The molecule has 0 radical (unpaired) electrons. The molecular weight excluding hydrogens is 345 g/mol. The van der Waals surface area contributed by atoms with Crippen LogP contribution in [0.4, 0.5) is 0 Å². The third-order valence-corrected chi connectivity index (χ3v) is 5.87. The Morgan fingerprint density at radius 3 is 2.42 bits per heavy atom. The Morgan fingerprint density at radius 1 is 1.12 bits per heavy atom. The van der Waals surface area contributed by atoms with Crippen molar-refractivity contribution in [2.24, 2.45) is 5.92 Å². The molecule has 3 atom stereocenters. The predicted octanol–water partition coefficient (Wildman–Crippen LogP) is 2.14. The summed E-state index contributed by atoms with van der Waals surface area (Å²) in [6.07, 6.45) is 2.51. The van der Waals surface area contributed by atoms with Crippen LogP contribution in [0.25, 0.3) is 0 Å². The van der Waals surface area contributed by atoms with Gasteiger partial charge in [-0.3, -0.25) is 9.69 Å². The van der Waals surface area contributed by atoms with Gasteiger partial charge >= 0.3 is 0 Å². The summed E-state index contributed by atoms with van der Waals surface area (Å²) >= 11 is 0. The smallest absolute Gasteiger partial charge is 0.236 e. The fourth-order valence-corrected chi connectivity index (χ4v) is 4.95. The van der Waals surface area contributed by atoms with Gasteiger partial charge in [0.1, 0.15) is 0 Å². The van der Waals surface area contributed by atoms with Crippen molar-refractivity contribution in [3.63, 3.8) is 0 Å². The van der Waals surface area contributed by atoms with E-state index >= 15 is 0 Å². The summed E-state index contributed by atoms with van der Waals surface area (Å²) in [5.41, 5.74) is 1.39. The maximum Gasteiger partial charge on any atom is 0.236 e. The average molecular weight is 372 g/mol. The summed E-state index contributed by atoms with van der Waals surface area (Å²) in [5.74, 6) is 1.43. The minimum atomic E-state index is 0. The number of amides is 1. The zero-order chi connectivity index (χ0) is 15.1. The Labute approximate surface area is 156 Å². The molecule has 1 aromatic rings. The van der Waals surface area contributed by atoms with E-state index in [9.17, 15) is 4.79 Å². The lowest BCUT2D eigenvalue weighted by molar-refractivity contribution is -0.134. The second-order valence-corrected chi connectivity index (χ2v) is 6.95. The van der Waals surface area contributed by atoms with Gasteiger partial charge < -0.3 is 10.2 Å². The molecule has 4 nitrogen and oxygen atoms in total. The number of rotatable bonds is 3. The van der Waals surface area contributed by atoms with E-state index in [1.165, 1.54) is 31.5 Å². The van der Waals surface area contributed by atoms with Crippen LogP contribution in [-0.2, 0) is 4.79 Å². The lowest BCUT2D eigenvalue weighted by atomic mass is 9.75. The quantitative estimate of drug-likeness (QED) is 0.883. The second kappa shape index (κ2) is 8.05. The number of fused-ring (bicyclic) bond motifs is 2. The highest BCUT2D eigenvalue weighted by Gasteiger charge is 2.54. The number of likely N-dealkylation sites (tertiary alicyclic amines) is 1. The third kappa shape index (κ3) is 3.17. The number of halogens is 2. The lowest BCUT2D eigenvalue weighted by Gasteiger charge is -2.51. The number of likely N-dealkylation sites (N-methyl/N-ethyl adjacent to an activating group) is 1. The van der Waals surface area contributed by atoms with Crippen molar-refractivity contribution in [1.82, 2.24) is 15.1 Å². The molecule has 4 saturated heterocycles. The van der Waals surface area contributed by atoms with Gasteiger partial charge in [0.2, 0.25) is 5.91 Å². The molecule has 24 heavy (non-hydrogen) atoms. The fraction of sp³-hybridized carbons (Fsp3) is 0.611. The van der Waals surface area contributed by atoms with Gasteiger partial charge in [-0.2, -0.15) is 0 Å². The summed E-state index contributed by atoms with van der Waals surface area (Å²) < 4.78 is 0. The van der Waals surface area contributed by atoms with E-state index in [1.807, 2.05) is 7.05 Å². The van der Waals surface area contributed by atoms with Crippen molar-refractivity contribution >= 4 is 30.7 Å². The molecule has 0 unspecified atom stereocenters. The number of nitrogens with zero attached hydrogens (tertiary/aromatic N) is 2.